The van der Waals surface area contributed by atoms with Crippen molar-refractivity contribution in [2.24, 2.45) is 5.14 Å². The highest BCUT2D eigenvalue weighted by molar-refractivity contribution is 7.89. The Kier molecular flexibility index (Phi) is 6.87. The molecule has 0 saturated carbocycles. The van der Waals surface area contributed by atoms with Crippen LogP contribution in [0.3, 0.4) is 0 Å². The van der Waals surface area contributed by atoms with Gasteiger partial charge in [-0.05, 0) is 29.8 Å². The number of benzene rings is 2. The zero-order chi connectivity index (χ0) is 27.8. The van der Waals surface area contributed by atoms with E-state index in [0.717, 1.165) is 0 Å². The molecule has 4 aromatic rings. The highest BCUT2D eigenvalue weighted by Crippen LogP contribution is 2.41. The molecule has 39 heavy (non-hydrogen) atoms. The third-order valence-electron chi connectivity index (χ3n) is 6.24. The normalized spacial score (nSPS) is 14.5. The van der Waals surface area contributed by atoms with E-state index in [1.54, 1.807) is 52.3 Å². The van der Waals surface area contributed by atoms with Crippen LogP contribution in [0.2, 0.25) is 0 Å². The number of sulfonamides is 1. The Labute approximate surface area is 221 Å². The molecule has 13 heteroatoms. The van der Waals surface area contributed by atoms with E-state index < -0.39 is 22.0 Å². The quantitative estimate of drug-likeness (QED) is 0.393. The zero-order valence-electron chi connectivity index (χ0n) is 20.3. The van der Waals surface area contributed by atoms with E-state index in [1.807, 2.05) is 0 Å². The minimum absolute atomic E-state index is 0.0198. The van der Waals surface area contributed by atoms with Crippen LogP contribution in [0, 0.1) is 0 Å². The van der Waals surface area contributed by atoms with Crippen LogP contribution in [0.1, 0.15) is 16.4 Å². The minimum atomic E-state index is -4.85. The van der Waals surface area contributed by atoms with Gasteiger partial charge in [-0.25, -0.2) is 23.5 Å². The smallest absolute Gasteiger partial charge is 0.451 e. The maximum Gasteiger partial charge on any atom is 0.451 e. The molecule has 5 rings (SSSR count). The van der Waals surface area contributed by atoms with Crippen LogP contribution >= 0.6 is 0 Å². The number of hydrogen-bond donors (Lipinski definition) is 1. The van der Waals surface area contributed by atoms with Gasteiger partial charge >= 0.3 is 6.18 Å². The lowest BCUT2D eigenvalue weighted by Crippen LogP contribution is -2.49. The van der Waals surface area contributed by atoms with Crippen molar-refractivity contribution in [1.82, 2.24) is 14.9 Å². The molecule has 0 bridgehead atoms. The number of halogens is 3. The Bertz CT molecular complexity index is 1600. The summed E-state index contributed by atoms with van der Waals surface area (Å²) in [5.41, 5.74) is 0.853. The van der Waals surface area contributed by atoms with E-state index in [1.165, 1.54) is 30.5 Å². The first-order valence-electron chi connectivity index (χ1n) is 11.8. The number of anilines is 1. The molecule has 2 N–H and O–H groups in total. The Balaban J connectivity index is 1.65. The number of primary sulfonamides is 1. The summed E-state index contributed by atoms with van der Waals surface area (Å²) in [5, 5.41) is 5.34. The van der Waals surface area contributed by atoms with Gasteiger partial charge < -0.3 is 14.2 Å². The summed E-state index contributed by atoms with van der Waals surface area (Å²) in [6.45, 7) is 0.720. The molecule has 0 atom stereocenters. The summed E-state index contributed by atoms with van der Waals surface area (Å²) >= 11 is 0. The van der Waals surface area contributed by atoms with E-state index in [0.29, 0.717) is 5.56 Å². The van der Waals surface area contributed by atoms with Crippen molar-refractivity contribution in [2.75, 3.05) is 31.1 Å². The predicted octanol–water partition coefficient (Wildman–Crippen LogP) is 4.03. The van der Waals surface area contributed by atoms with Crippen molar-refractivity contribution < 1.29 is 30.8 Å². The van der Waals surface area contributed by atoms with E-state index in [-0.39, 0.29) is 65.4 Å². The monoisotopic (exact) mass is 557 g/mol. The number of alkyl halides is 3. The summed E-state index contributed by atoms with van der Waals surface area (Å²) in [7, 11) is -4.11. The summed E-state index contributed by atoms with van der Waals surface area (Å²) in [5.74, 6) is -1.54. The van der Waals surface area contributed by atoms with E-state index in [4.69, 9.17) is 9.56 Å². The standard InChI is InChI=1S/C26H22F3N5O4S/c27-26(28,29)25-31-22(17-6-2-1-3-7-17)21(18-8-4-9-19(16-18)39(30,36)37)23(32-25)33-11-13-34(14-12-33)24(35)20-10-5-15-38-20/h1-10,15-16H,11-14H2,(H2,30,36,37). The lowest BCUT2D eigenvalue weighted by Gasteiger charge is -2.36. The molecular weight excluding hydrogens is 535 g/mol. The van der Waals surface area contributed by atoms with Gasteiger partial charge in [0.2, 0.25) is 15.8 Å². The molecule has 0 unspecified atom stereocenters. The van der Waals surface area contributed by atoms with Crippen molar-refractivity contribution in [1.29, 1.82) is 0 Å². The number of furan rings is 1. The summed E-state index contributed by atoms with van der Waals surface area (Å²) < 4.78 is 71.4. The van der Waals surface area contributed by atoms with Crippen molar-refractivity contribution >= 4 is 21.7 Å². The van der Waals surface area contributed by atoms with Gasteiger partial charge in [-0.15, -0.1) is 0 Å². The maximum absolute atomic E-state index is 14.0. The molecule has 0 aliphatic carbocycles. The number of carbonyl (C=O) groups is 1. The van der Waals surface area contributed by atoms with Gasteiger partial charge in [0, 0.05) is 31.7 Å². The molecule has 3 heterocycles. The first-order chi connectivity index (χ1) is 18.5. The van der Waals surface area contributed by atoms with Crippen LogP contribution in [0.4, 0.5) is 19.0 Å². The van der Waals surface area contributed by atoms with Crippen LogP contribution in [0.15, 0.2) is 82.3 Å². The van der Waals surface area contributed by atoms with Gasteiger partial charge in [-0.3, -0.25) is 4.79 Å². The number of hydrogen-bond acceptors (Lipinski definition) is 7. The molecule has 2 aromatic carbocycles. The molecule has 1 saturated heterocycles. The number of aromatic nitrogens is 2. The SMILES string of the molecule is NS(=O)(=O)c1cccc(-c2c(-c3ccccc3)nc(C(F)(F)F)nc2N2CCN(C(=O)c3ccco3)CC2)c1. The van der Waals surface area contributed by atoms with Gasteiger partial charge in [-0.1, -0.05) is 42.5 Å². The Hall–Kier alpha value is -4.23. The lowest BCUT2D eigenvalue weighted by atomic mass is 9.98. The fourth-order valence-electron chi connectivity index (χ4n) is 4.38. The zero-order valence-corrected chi connectivity index (χ0v) is 21.1. The second-order valence-corrected chi connectivity index (χ2v) is 10.3. The molecule has 2 aromatic heterocycles. The van der Waals surface area contributed by atoms with Crippen molar-refractivity contribution in [3.63, 3.8) is 0 Å². The highest BCUT2D eigenvalue weighted by Gasteiger charge is 2.38. The van der Waals surface area contributed by atoms with Gasteiger partial charge in [0.1, 0.15) is 5.82 Å². The van der Waals surface area contributed by atoms with Crippen LogP contribution in [-0.4, -0.2) is 55.4 Å². The number of nitrogens with two attached hydrogens (primary N) is 1. The second kappa shape index (κ2) is 10.2. The van der Waals surface area contributed by atoms with Gasteiger partial charge in [-0.2, -0.15) is 13.2 Å². The molecular formula is C26H22F3N5O4S. The number of rotatable bonds is 5. The van der Waals surface area contributed by atoms with Crippen LogP contribution < -0.4 is 10.0 Å². The first kappa shape index (κ1) is 26.4. The minimum Gasteiger partial charge on any atom is -0.459 e. The van der Waals surface area contributed by atoms with Gasteiger partial charge in [0.15, 0.2) is 5.76 Å². The second-order valence-electron chi connectivity index (χ2n) is 8.79. The van der Waals surface area contributed by atoms with Crippen molar-refractivity contribution in [2.45, 2.75) is 11.1 Å². The largest absolute Gasteiger partial charge is 0.459 e. The predicted molar refractivity (Wildman–Crippen MR) is 136 cm³/mol. The Morgan fingerprint density at radius 2 is 1.59 bits per heavy atom. The molecule has 0 spiro atoms. The Morgan fingerprint density at radius 3 is 2.21 bits per heavy atom. The topological polar surface area (TPSA) is 123 Å². The fraction of sp³-hybridized carbons (Fsp3) is 0.192. The molecule has 0 radical (unpaired) electrons. The molecule has 1 fully saturated rings. The van der Waals surface area contributed by atoms with Gasteiger partial charge in [0.25, 0.3) is 5.91 Å². The van der Waals surface area contributed by atoms with Crippen molar-refractivity contribution in [3.05, 3.63) is 84.6 Å². The molecule has 1 amide bonds. The fourth-order valence-corrected chi connectivity index (χ4v) is 4.94. The summed E-state index contributed by atoms with van der Waals surface area (Å²) in [4.78, 5) is 23.5. The van der Waals surface area contributed by atoms with Crippen LogP contribution in [0.5, 0.6) is 0 Å². The third kappa shape index (κ3) is 5.49. The average Bonchev–Trinajstić information content (AvgIpc) is 3.47. The number of nitrogens with zero attached hydrogens (tertiary/aromatic N) is 4. The third-order valence-corrected chi connectivity index (χ3v) is 7.15. The number of amides is 1. The van der Waals surface area contributed by atoms with Gasteiger partial charge in [0.05, 0.1) is 22.4 Å². The lowest BCUT2D eigenvalue weighted by molar-refractivity contribution is -0.144. The van der Waals surface area contributed by atoms with Crippen LogP contribution in [-0.2, 0) is 16.2 Å². The maximum atomic E-state index is 14.0. The van der Waals surface area contributed by atoms with Crippen molar-refractivity contribution in [3.8, 4) is 22.4 Å². The number of carbonyl (C=O) groups excluding carboxylic acids is 1. The van der Waals surface area contributed by atoms with E-state index in [2.05, 4.69) is 9.97 Å². The first-order valence-corrected chi connectivity index (χ1v) is 13.3. The van der Waals surface area contributed by atoms with E-state index >= 15 is 0 Å². The summed E-state index contributed by atoms with van der Waals surface area (Å²) in [6.07, 6.45) is -3.47. The Morgan fingerprint density at radius 1 is 0.897 bits per heavy atom. The van der Waals surface area contributed by atoms with Crippen LogP contribution in [0.25, 0.3) is 22.4 Å². The highest BCUT2D eigenvalue weighted by atomic mass is 32.2. The molecule has 1 aliphatic heterocycles. The van der Waals surface area contributed by atoms with E-state index in [9.17, 15) is 26.4 Å². The molecule has 9 nitrogen and oxygen atoms in total. The number of piperazine rings is 1. The average molecular weight is 558 g/mol. The molecule has 202 valence electrons. The summed E-state index contributed by atoms with van der Waals surface area (Å²) in [6, 6.07) is 17.0. The molecule has 1 aliphatic rings.